The zero-order valence-corrected chi connectivity index (χ0v) is 24.3. The van der Waals surface area contributed by atoms with Crippen molar-refractivity contribution in [1.29, 1.82) is 0 Å². The number of hydrogen-bond acceptors (Lipinski definition) is 7. The van der Waals surface area contributed by atoms with Crippen LogP contribution < -0.4 is 4.74 Å². The molecule has 2 atom stereocenters. The standard InChI is InChI=1S/C27H46N4O5S/c1-7-30-11-13-31(14-12-30)24-10-8-9-23(19-24)29(5)26(32)20-36-16-15-28(4)37(33,34)27-21(2)17-25(35-6)18-22(27)3/h17-18,23-24H,7-16,19-20H2,1-6H3/t23-,24+/m1/s1. The second kappa shape index (κ2) is 13.4. The maximum Gasteiger partial charge on any atom is 0.248 e. The van der Waals surface area contributed by atoms with E-state index in [1.165, 1.54) is 17.8 Å². The summed E-state index contributed by atoms with van der Waals surface area (Å²) in [5.74, 6) is 0.583. The molecule has 0 unspecified atom stereocenters. The number of amides is 1. The molecule has 3 rings (SSSR count). The van der Waals surface area contributed by atoms with Gasteiger partial charge in [-0.2, -0.15) is 4.31 Å². The molecule has 0 radical (unpaired) electrons. The largest absolute Gasteiger partial charge is 0.497 e. The van der Waals surface area contributed by atoms with Crippen molar-refractivity contribution < 1.29 is 22.7 Å². The Balaban J connectivity index is 1.46. The minimum Gasteiger partial charge on any atom is -0.497 e. The van der Waals surface area contributed by atoms with Crippen LogP contribution in [0.2, 0.25) is 0 Å². The van der Waals surface area contributed by atoms with Gasteiger partial charge in [0.15, 0.2) is 0 Å². The van der Waals surface area contributed by atoms with Gasteiger partial charge >= 0.3 is 0 Å². The zero-order valence-electron chi connectivity index (χ0n) is 23.5. The van der Waals surface area contributed by atoms with Gasteiger partial charge in [-0.25, -0.2) is 8.42 Å². The molecule has 1 saturated carbocycles. The molecule has 1 amide bonds. The SMILES string of the molecule is CCN1CCN([C@H]2CCC[C@@H](N(C)C(=O)COCCN(C)S(=O)(=O)c3c(C)cc(OC)cc3C)C2)CC1. The average Bonchev–Trinajstić information content (AvgIpc) is 2.89. The Kier molecular flexibility index (Phi) is 10.8. The monoisotopic (exact) mass is 538 g/mol. The van der Waals surface area contributed by atoms with Crippen LogP contribution in [0.15, 0.2) is 17.0 Å². The molecule has 0 spiro atoms. The van der Waals surface area contributed by atoms with Crippen molar-refractivity contribution in [1.82, 2.24) is 19.0 Å². The predicted octanol–water partition coefficient (Wildman–Crippen LogP) is 2.36. The van der Waals surface area contributed by atoms with Crippen molar-refractivity contribution >= 4 is 15.9 Å². The van der Waals surface area contributed by atoms with Gasteiger partial charge in [0.2, 0.25) is 15.9 Å². The molecular weight excluding hydrogens is 492 g/mol. The van der Waals surface area contributed by atoms with Crippen LogP contribution in [-0.4, -0.2) is 119 Å². The third kappa shape index (κ3) is 7.44. The molecule has 210 valence electrons. The van der Waals surface area contributed by atoms with Crippen LogP contribution in [0.4, 0.5) is 0 Å². The molecular formula is C27H46N4O5S. The average molecular weight is 539 g/mol. The number of hydrogen-bond donors (Lipinski definition) is 0. The van der Waals surface area contributed by atoms with Gasteiger partial charge in [0, 0.05) is 58.9 Å². The van der Waals surface area contributed by atoms with Crippen LogP contribution in [-0.2, 0) is 19.6 Å². The Morgan fingerprint density at radius 1 is 1.08 bits per heavy atom. The topological polar surface area (TPSA) is 82.6 Å². The maximum atomic E-state index is 13.2. The first-order valence-electron chi connectivity index (χ1n) is 13.5. The van der Waals surface area contributed by atoms with E-state index in [9.17, 15) is 13.2 Å². The quantitative estimate of drug-likeness (QED) is 0.400. The summed E-state index contributed by atoms with van der Waals surface area (Å²) in [7, 11) is 1.29. The molecule has 0 N–H and O–H groups in total. The van der Waals surface area contributed by atoms with E-state index in [1.807, 2.05) is 11.9 Å². The summed E-state index contributed by atoms with van der Waals surface area (Å²) in [6.07, 6.45) is 4.37. The van der Waals surface area contributed by atoms with Gasteiger partial charge in [-0.1, -0.05) is 6.92 Å². The minimum absolute atomic E-state index is 0.0404. The third-order valence-electron chi connectivity index (χ3n) is 8.04. The predicted molar refractivity (Wildman–Crippen MR) is 146 cm³/mol. The van der Waals surface area contributed by atoms with Gasteiger partial charge in [0.05, 0.1) is 18.6 Å². The molecule has 0 bridgehead atoms. The van der Waals surface area contributed by atoms with Crippen LogP contribution in [0.5, 0.6) is 5.75 Å². The normalized spacial score (nSPS) is 21.8. The summed E-state index contributed by atoms with van der Waals surface area (Å²) >= 11 is 0. The van der Waals surface area contributed by atoms with E-state index in [2.05, 4.69) is 16.7 Å². The van der Waals surface area contributed by atoms with E-state index in [0.29, 0.717) is 22.9 Å². The highest BCUT2D eigenvalue weighted by Crippen LogP contribution is 2.28. The molecule has 1 aliphatic carbocycles. The molecule has 37 heavy (non-hydrogen) atoms. The first-order chi connectivity index (χ1) is 17.6. The van der Waals surface area contributed by atoms with Gasteiger partial charge in [0.1, 0.15) is 12.4 Å². The van der Waals surface area contributed by atoms with Gasteiger partial charge in [-0.05, 0) is 69.3 Å². The number of sulfonamides is 1. The number of carbonyl (C=O) groups excluding carboxylic acids is 1. The highest BCUT2D eigenvalue weighted by atomic mass is 32.2. The Hall–Kier alpha value is -1.72. The lowest BCUT2D eigenvalue weighted by Gasteiger charge is -2.43. The van der Waals surface area contributed by atoms with E-state index >= 15 is 0 Å². The number of ether oxygens (including phenoxy) is 2. The fourth-order valence-electron chi connectivity index (χ4n) is 5.64. The van der Waals surface area contributed by atoms with Gasteiger partial charge < -0.3 is 19.3 Å². The van der Waals surface area contributed by atoms with E-state index in [-0.39, 0.29) is 36.6 Å². The van der Waals surface area contributed by atoms with Crippen LogP contribution in [0.25, 0.3) is 0 Å². The summed E-state index contributed by atoms with van der Waals surface area (Å²) in [4.78, 5) is 20.1. The van der Waals surface area contributed by atoms with Crippen molar-refractivity contribution in [2.24, 2.45) is 0 Å². The Morgan fingerprint density at radius 3 is 2.32 bits per heavy atom. The van der Waals surface area contributed by atoms with E-state index < -0.39 is 10.0 Å². The second-order valence-electron chi connectivity index (χ2n) is 10.4. The van der Waals surface area contributed by atoms with Crippen LogP contribution in [0, 0.1) is 13.8 Å². The Morgan fingerprint density at radius 2 is 1.73 bits per heavy atom. The number of methoxy groups -OCH3 is 1. The third-order valence-corrected chi connectivity index (χ3v) is 10.2. The van der Waals surface area contributed by atoms with Crippen molar-refractivity contribution in [2.45, 2.75) is 63.4 Å². The number of rotatable bonds is 11. The number of likely N-dealkylation sites (N-methyl/N-ethyl adjacent to an activating group) is 3. The summed E-state index contributed by atoms with van der Waals surface area (Å²) in [6, 6.07) is 4.21. The minimum atomic E-state index is -3.69. The van der Waals surface area contributed by atoms with Crippen LogP contribution in [0.1, 0.15) is 43.7 Å². The molecule has 1 aliphatic heterocycles. The zero-order chi connectivity index (χ0) is 27.2. The summed E-state index contributed by atoms with van der Waals surface area (Å²) < 4.78 is 38.5. The van der Waals surface area contributed by atoms with Crippen molar-refractivity contribution in [2.75, 3.05) is 73.7 Å². The molecule has 1 aromatic rings. The molecule has 9 nitrogen and oxygen atoms in total. The Labute approximate surface area is 223 Å². The van der Waals surface area contributed by atoms with Gasteiger partial charge in [-0.15, -0.1) is 0 Å². The highest BCUT2D eigenvalue weighted by molar-refractivity contribution is 7.89. The number of aryl methyl sites for hydroxylation is 2. The van der Waals surface area contributed by atoms with Gasteiger partial charge in [0.25, 0.3) is 0 Å². The molecule has 0 aromatic heterocycles. The molecule has 10 heteroatoms. The lowest BCUT2D eigenvalue weighted by molar-refractivity contribution is -0.138. The number of piperazine rings is 1. The lowest BCUT2D eigenvalue weighted by atomic mass is 9.88. The summed E-state index contributed by atoms with van der Waals surface area (Å²) in [5.41, 5.74) is 1.28. The highest BCUT2D eigenvalue weighted by Gasteiger charge is 2.32. The molecule has 1 heterocycles. The molecule has 2 fully saturated rings. The number of carbonyl (C=O) groups is 1. The molecule has 1 saturated heterocycles. The molecule has 2 aliphatic rings. The van der Waals surface area contributed by atoms with Crippen LogP contribution >= 0.6 is 0 Å². The van der Waals surface area contributed by atoms with E-state index in [0.717, 1.165) is 52.0 Å². The number of nitrogens with zero attached hydrogens (tertiary/aromatic N) is 4. The first-order valence-corrected chi connectivity index (χ1v) is 14.9. The second-order valence-corrected chi connectivity index (χ2v) is 12.4. The first kappa shape index (κ1) is 29.8. The fourth-order valence-corrected chi connectivity index (χ4v) is 7.19. The smallest absolute Gasteiger partial charge is 0.248 e. The summed E-state index contributed by atoms with van der Waals surface area (Å²) in [6.45, 7) is 11.6. The lowest BCUT2D eigenvalue weighted by Crippen LogP contribution is -2.53. The van der Waals surface area contributed by atoms with Crippen molar-refractivity contribution in [3.63, 3.8) is 0 Å². The Bertz CT molecular complexity index is 987. The maximum absolute atomic E-state index is 13.2. The number of benzene rings is 1. The van der Waals surface area contributed by atoms with Crippen molar-refractivity contribution in [3.05, 3.63) is 23.3 Å². The van der Waals surface area contributed by atoms with E-state index in [1.54, 1.807) is 33.1 Å². The van der Waals surface area contributed by atoms with E-state index in [4.69, 9.17) is 9.47 Å². The van der Waals surface area contributed by atoms with Crippen LogP contribution in [0.3, 0.4) is 0 Å². The fraction of sp³-hybridized carbons (Fsp3) is 0.741. The molecule has 1 aromatic carbocycles. The summed E-state index contributed by atoms with van der Waals surface area (Å²) in [5, 5.41) is 0. The van der Waals surface area contributed by atoms with Crippen molar-refractivity contribution in [3.8, 4) is 5.75 Å². The van der Waals surface area contributed by atoms with Gasteiger partial charge in [-0.3, -0.25) is 9.69 Å².